The molecule has 0 spiro atoms. The van der Waals surface area contributed by atoms with Crippen LogP contribution in [0.15, 0.2) is 72.8 Å². The normalized spacial score (nSPS) is 19.8. The SMILES string of the molecule is CC(C)(C)C1CCc2c([nH]c3ccccc23)C1.CC(C)(C)C1COc2ccccc2C1.CC(C)(C)C1Cc2ccccc2C1. The monoisotopic (exact) mass is 591 g/mol. The van der Waals surface area contributed by atoms with Crippen LogP contribution in [0.3, 0.4) is 0 Å². The molecule has 1 aromatic heterocycles. The van der Waals surface area contributed by atoms with Crippen LogP contribution in [0, 0.1) is 34.0 Å². The Bertz CT molecular complexity index is 1510. The molecular formula is C42H57NO. The number of benzene rings is 3. The number of aromatic nitrogens is 1. The maximum atomic E-state index is 5.76. The standard InChI is InChI=1S/C16H21N.C13H18O.C13H18/c1-16(2,3)11-8-9-13-12-6-4-5-7-14(12)17-15(13)10-11;1-13(2,3)11-8-10-6-4-5-7-12(10)14-9-11;1-13(2,3)12-8-10-6-4-5-7-11(10)9-12/h4-7,11,17H,8-10H2,1-3H3;4-7,11H,8-9H2,1-3H3;4-7,12H,8-9H2,1-3H3. The van der Waals surface area contributed by atoms with Crippen molar-refractivity contribution in [3.05, 3.63) is 101 Å². The molecule has 236 valence electrons. The van der Waals surface area contributed by atoms with Crippen molar-refractivity contribution in [3.63, 3.8) is 0 Å². The summed E-state index contributed by atoms with van der Waals surface area (Å²) in [7, 11) is 0. The minimum Gasteiger partial charge on any atom is -0.493 e. The third-order valence-corrected chi connectivity index (χ3v) is 10.7. The summed E-state index contributed by atoms with van der Waals surface area (Å²) in [6, 6.07) is 25.9. The van der Waals surface area contributed by atoms with E-state index in [0.29, 0.717) is 22.2 Å². The Labute approximate surface area is 268 Å². The molecule has 0 amide bonds. The molecule has 2 nitrogen and oxygen atoms in total. The van der Waals surface area contributed by atoms with Gasteiger partial charge in [0.2, 0.25) is 0 Å². The number of nitrogens with one attached hydrogen (secondary N) is 1. The van der Waals surface area contributed by atoms with Crippen molar-refractivity contribution in [2.75, 3.05) is 6.61 Å². The molecule has 2 unspecified atom stereocenters. The summed E-state index contributed by atoms with van der Waals surface area (Å²) in [6.45, 7) is 21.9. The lowest BCUT2D eigenvalue weighted by molar-refractivity contribution is 0.127. The van der Waals surface area contributed by atoms with E-state index in [9.17, 15) is 0 Å². The molecule has 3 aliphatic rings. The van der Waals surface area contributed by atoms with Crippen LogP contribution >= 0.6 is 0 Å². The van der Waals surface area contributed by atoms with Crippen molar-refractivity contribution in [1.82, 2.24) is 4.98 Å². The maximum absolute atomic E-state index is 5.76. The van der Waals surface area contributed by atoms with Gasteiger partial charge < -0.3 is 9.72 Å². The van der Waals surface area contributed by atoms with Crippen LogP contribution in [-0.4, -0.2) is 11.6 Å². The number of hydrogen-bond donors (Lipinski definition) is 1. The molecule has 2 heterocycles. The molecule has 0 radical (unpaired) electrons. The molecule has 2 aliphatic carbocycles. The second-order valence-corrected chi connectivity index (χ2v) is 16.9. The minimum absolute atomic E-state index is 0.341. The lowest BCUT2D eigenvalue weighted by Gasteiger charge is -2.34. The first-order valence-corrected chi connectivity index (χ1v) is 17.1. The predicted molar refractivity (Wildman–Crippen MR) is 189 cm³/mol. The first kappa shape index (κ1) is 32.4. The van der Waals surface area contributed by atoms with E-state index in [2.05, 4.69) is 134 Å². The number of ether oxygens (including phenoxy) is 1. The average molecular weight is 592 g/mol. The molecule has 0 bridgehead atoms. The minimum atomic E-state index is 0.341. The molecule has 3 aromatic carbocycles. The van der Waals surface area contributed by atoms with E-state index in [0.717, 1.165) is 30.6 Å². The van der Waals surface area contributed by atoms with Crippen LogP contribution in [0.5, 0.6) is 5.75 Å². The van der Waals surface area contributed by atoms with E-state index >= 15 is 0 Å². The number of aromatic amines is 1. The molecular weight excluding hydrogens is 534 g/mol. The summed E-state index contributed by atoms with van der Waals surface area (Å²) in [4.78, 5) is 3.62. The van der Waals surface area contributed by atoms with Gasteiger partial charge in [-0.1, -0.05) is 123 Å². The second kappa shape index (κ2) is 12.8. The van der Waals surface area contributed by atoms with Crippen LogP contribution < -0.4 is 4.74 Å². The number of hydrogen-bond acceptors (Lipinski definition) is 1. The van der Waals surface area contributed by atoms with E-state index < -0.39 is 0 Å². The van der Waals surface area contributed by atoms with E-state index in [1.165, 1.54) is 54.3 Å². The van der Waals surface area contributed by atoms with Gasteiger partial charge in [0.25, 0.3) is 0 Å². The first-order valence-electron chi connectivity index (χ1n) is 17.1. The quantitative estimate of drug-likeness (QED) is 0.216. The van der Waals surface area contributed by atoms with Crippen molar-refractivity contribution in [2.24, 2.45) is 34.0 Å². The van der Waals surface area contributed by atoms with Crippen molar-refractivity contribution in [3.8, 4) is 5.75 Å². The molecule has 1 N–H and O–H groups in total. The second-order valence-electron chi connectivity index (χ2n) is 16.9. The molecule has 0 fully saturated rings. The number of rotatable bonds is 0. The van der Waals surface area contributed by atoms with Gasteiger partial charge in [-0.3, -0.25) is 0 Å². The molecule has 2 heteroatoms. The van der Waals surface area contributed by atoms with Gasteiger partial charge in [-0.25, -0.2) is 0 Å². The van der Waals surface area contributed by atoms with Crippen molar-refractivity contribution in [2.45, 2.75) is 101 Å². The average Bonchev–Trinajstić information content (AvgIpc) is 3.58. The van der Waals surface area contributed by atoms with Crippen LogP contribution in [0.25, 0.3) is 10.9 Å². The van der Waals surface area contributed by atoms with Gasteiger partial charge in [0.1, 0.15) is 5.75 Å². The zero-order valence-electron chi connectivity index (χ0n) is 29.0. The van der Waals surface area contributed by atoms with Gasteiger partial charge in [0, 0.05) is 22.5 Å². The number of fused-ring (bicyclic) bond motifs is 5. The summed E-state index contributed by atoms with van der Waals surface area (Å²) in [5, 5.41) is 1.44. The van der Waals surface area contributed by atoms with E-state index in [1.54, 1.807) is 16.7 Å². The smallest absolute Gasteiger partial charge is 0.122 e. The summed E-state index contributed by atoms with van der Waals surface area (Å²) in [6.07, 6.45) is 7.49. The number of H-pyrrole nitrogens is 1. The molecule has 0 saturated carbocycles. The lowest BCUT2D eigenvalue weighted by atomic mass is 9.72. The fourth-order valence-electron chi connectivity index (χ4n) is 7.18. The molecule has 4 aromatic rings. The van der Waals surface area contributed by atoms with Gasteiger partial charge in [-0.15, -0.1) is 0 Å². The zero-order chi connectivity index (χ0) is 31.7. The Hall–Kier alpha value is -3.00. The van der Waals surface area contributed by atoms with Gasteiger partial charge in [-0.2, -0.15) is 0 Å². The van der Waals surface area contributed by atoms with Crippen molar-refractivity contribution in [1.29, 1.82) is 0 Å². The third-order valence-electron chi connectivity index (χ3n) is 10.7. The highest BCUT2D eigenvalue weighted by molar-refractivity contribution is 5.84. The summed E-state index contributed by atoms with van der Waals surface area (Å²) in [5.41, 5.74) is 10.1. The Balaban J connectivity index is 0.000000132. The van der Waals surface area contributed by atoms with E-state index in [4.69, 9.17) is 4.74 Å². The van der Waals surface area contributed by atoms with E-state index in [1.807, 2.05) is 6.07 Å². The Morgan fingerprint density at radius 3 is 1.70 bits per heavy atom. The van der Waals surface area contributed by atoms with Crippen LogP contribution in [-0.2, 0) is 32.1 Å². The summed E-state index contributed by atoms with van der Waals surface area (Å²) in [5.74, 6) is 3.36. The number of aryl methyl sites for hydroxylation is 1. The summed E-state index contributed by atoms with van der Waals surface area (Å²) >= 11 is 0. The van der Waals surface area contributed by atoms with E-state index in [-0.39, 0.29) is 0 Å². The molecule has 1 aliphatic heterocycles. The fraction of sp³-hybridized carbons (Fsp3) is 0.524. The molecule has 44 heavy (non-hydrogen) atoms. The maximum Gasteiger partial charge on any atom is 0.122 e. The molecule has 0 saturated heterocycles. The summed E-state index contributed by atoms with van der Waals surface area (Å²) < 4.78 is 5.76. The van der Waals surface area contributed by atoms with Gasteiger partial charge in [-0.05, 0) is 101 Å². The Morgan fingerprint density at radius 2 is 1.09 bits per heavy atom. The van der Waals surface area contributed by atoms with Gasteiger partial charge in [0.05, 0.1) is 6.61 Å². The van der Waals surface area contributed by atoms with Crippen LogP contribution in [0.2, 0.25) is 0 Å². The highest BCUT2D eigenvalue weighted by Gasteiger charge is 2.32. The first-order chi connectivity index (χ1) is 20.7. The van der Waals surface area contributed by atoms with Crippen molar-refractivity contribution < 1.29 is 4.74 Å². The third kappa shape index (κ3) is 7.61. The Morgan fingerprint density at radius 1 is 0.568 bits per heavy atom. The lowest BCUT2D eigenvalue weighted by Crippen LogP contribution is -2.31. The topological polar surface area (TPSA) is 25.0 Å². The molecule has 7 rings (SSSR count). The largest absolute Gasteiger partial charge is 0.493 e. The highest BCUT2D eigenvalue weighted by Crippen LogP contribution is 2.40. The Kier molecular flexibility index (Phi) is 9.41. The van der Waals surface area contributed by atoms with Crippen LogP contribution in [0.1, 0.15) is 96.7 Å². The molecule has 2 atom stereocenters. The number of para-hydroxylation sites is 2. The fourth-order valence-corrected chi connectivity index (χ4v) is 7.18. The highest BCUT2D eigenvalue weighted by atomic mass is 16.5. The van der Waals surface area contributed by atoms with Crippen LogP contribution in [0.4, 0.5) is 0 Å². The zero-order valence-corrected chi connectivity index (χ0v) is 29.0. The van der Waals surface area contributed by atoms with Gasteiger partial charge >= 0.3 is 0 Å². The van der Waals surface area contributed by atoms with Crippen molar-refractivity contribution >= 4 is 10.9 Å². The predicted octanol–water partition coefficient (Wildman–Crippen LogP) is 11.1. The van der Waals surface area contributed by atoms with Gasteiger partial charge in [0.15, 0.2) is 0 Å².